The fraction of sp³-hybridized carbons (Fsp3) is 0.250. The Morgan fingerprint density at radius 3 is 2.50 bits per heavy atom. The molecule has 0 bridgehead atoms. The van der Waals surface area contributed by atoms with Gasteiger partial charge in [-0.05, 0) is 37.1 Å². The van der Waals surface area contributed by atoms with Crippen molar-refractivity contribution in [2.45, 2.75) is 30.2 Å². The van der Waals surface area contributed by atoms with Crippen LogP contribution in [-0.2, 0) is 26.0 Å². The number of rotatable bonds is 5. The molecule has 2 aromatic rings. The first-order chi connectivity index (χ1) is 13.3. The Morgan fingerprint density at radius 1 is 1.18 bits per heavy atom. The molecule has 0 aliphatic carbocycles. The summed E-state index contributed by atoms with van der Waals surface area (Å²) in [6, 6.07) is 16.4. The second-order valence-corrected chi connectivity index (χ2v) is 8.49. The minimum absolute atomic E-state index is 0.140. The van der Waals surface area contributed by atoms with Crippen LogP contribution in [0.3, 0.4) is 0 Å². The molecule has 28 heavy (non-hydrogen) atoms. The Hall–Kier alpha value is -3.18. The van der Waals surface area contributed by atoms with Gasteiger partial charge < -0.3 is 4.90 Å². The van der Waals surface area contributed by atoms with Crippen LogP contribution in [-0.4, -0.2) is 37.2 Å². The van der Waals surface area contributed by atoms with E-state index >= 15 is 0 Å². The van der Waals surface area contributed by atoms with E-state index in [-0.39, 0.29) is 22.8 Å². The summed E-state index contributed by atoms with van der Waals surface area (Å²) in [7, 11) is -4.15. The van der Waals surface area contributed by atoms with E-state index < -0.39 is 21.5 Å². The molecule has 1 fully saturated rings. The Bertz CT molecular complexity index is 1060. The van der Waals surface area contributed by atoms with Gasteiger partial charge in [-0.2, -0.15) is 5.26 Å². The van der Waals surface area contributed by atoms with Crippen molar-refractivity contribution < 1.29 is 18.0 Å². The number of amides is 2. The molecule has 1 unspecified atom stereocenters. The zero-order valence-electron chi connectivity index (χ0n) is 15.3. The van der Waals surface area contributed by atoms with Crippen molar-refractivity contribution in [3.63, 3.8) is 0 Å². The molecule has 1 heterocycles. The summed E-state index contributed by atoms with van der Waals surface area (Å²) in [5, 5.41) is 8.93. The largest absolute Gasteiger partial charge is 0.328 e. The molecular weight excluding hydrogens is 378 g/mol. The lowest BCUT2D eigenvalue weighted by Crippen LogP contribution is -2.68. The molecule has 0 aromatic heterocycles. The minimum atomic E-state index is -4.15. The molecule has 1 aliphatic heterocycles. The van der Waals surface area contributed by atoms with E-state index in [4.69, 9.17) is 5.26 Å². The lowest BCUT2D eigenvalue weighted by molar-refractivity contribution is -0.156. The number of carbonyl (C=O) groups is 2. The molecule has 0 radical (unpaired) electrons. The molecule has 1 N–H and O–H groups in total. The number of nitriles is 1. The van der Waals surface area contributed by atoms with Crippen LogP contribution in [0.2, 0.25) is 0 Å². The average Bonchev–Trinajstić information content (AvgIpc) is 2.66. The van der Waals surface area contributed by atoms with E-state index in [1.165, 1.54) is 29.2 Å². The Labute approximate surface area is 163 Å². The summed E-state index contributed by atoms with van der Waals surface area (Å²) >= 11 is 0. The van der Waals surface area contributed by atoms with Crippen molar-refractivity contribution >= 4 is 21.8 Å². The van der Waals surface area contributed by atoms with Gasteiger partial charge in [0.15, 0.2) is 0 Å². The number of nitrogens with one attached hydrogen (secondary N) is 1. The van der Waals surface area contributed by atoms with Crippen LogP contribution < -0.4 is 4.72 Å². The predicted octanol–water partition coefficient (Wildman–Crippen LogP) is 1.60. The first-order valence-electron chi connectivity index (χ1n) is 8.68. The molecule has 3 rings (SSSR count). The van der Waals surface area contributed by atoms with E-state index in [1.54, 1.807) is 6.92 Å². The highest BCUT2D eigenvalue weighted by molar-refractivity contribution is 7.90. The maximum Gasteiger partial charge on any atom is 0.264 e. The summed E-state index contributed by atoms with van der Waals surface area (Å²) in [4.78, 5) is 26.5. The van der Waals surface area contributed by atoms with Gasteiger partial charge in [0, 0.05) is 6.54 Å². The third-order valence-corrected chi connectivity index (χ3v) is 6.24. The Balaban J connectivity index is 1.74. The van der Waals surface area contributed by atoms with Gasteiger partial charge in [0.25, 0.3) is 15.9 Å². The van der Waals surface area contributed by atoms with E-state index in [9.17, 15) is 18.0 Å². The maximum atomic E-state index is 12.7. The molecule has 0 saturated carbocycles. The van der Waals surface area contributed by atoms with Gasteiger partial charge in [-0.15, -0.1) is 0 Å². The molecule has 2 aromatic carbocycles. The molecule has 7 nitrogen and oxygen atoms in total. The highest BCUT2D eigenvalue weighted by atomic mass is 32.2. The second-order valence-electron chi connectivity index (χ2n) is 6.81. The number of sulfonamides is 1. The van der Waals surface area contributed by atoms with Crippen LogP contribution in [0.4, 0.5) is 0 Å². The van der Waals surface area contributed by atoms with Gasteiger partial charge >= 0.3 is 0 Å². The van der Waals surface area contributed by atoms with Gasteiger partial charge in [-0.1, -0.05) is 36.4 Å². The summed E-state index contributed by atoms with van der Waals surface area (Å²) in [6.07, 6.45) is 0.508. The Morgan fingerprint density at radius 2 is 1.89 bits per heavy atom. The Kier molecular flexibility index (Phi) is 5.21. The van der Waals surface area contributed by atoms with E-state index in [0.717, 1.165) is 5.56 Å². The number of benzene rings is 2. The van der Waals surface area contributed by atoms with Crippen LogP contribution in [0.1, 0.15) is 24.5 Å². The van der Waals surface area contributed by atoms with Gasteiger partial charge in [-0.25, -0.2) is 13.1 Å². The molecule has 2 amide bonds. The smallest absolute Gasteiger partial charge is 0.264 e. The number of hydrogen-bond donors (Lipinski definition) is 1. The van der Waals surface area contributed by atoms with Crippen LogP contribution in [0.25, 0.3) is 0 Å². The first-order valence-corrected chi connectivity index (χ1v) is 10.2. The fourth-order valence-corrected chi connectivity index (χ4v) is 4.21. The van der Waals surface area contributed by atoms with Crippen LogP contribution in [0, 0.1) is 11.3 Å². The topological polar surface area (TPSA) is 107 Å². The van der Waals surface area contributed by atoms with Crippen molar-refractivity contribution in [3.05, 3.63) is 65.7 Å². The van der Waals surface area contributed by atoms with E-state index in [0.29, 0.717) is 13.0 Å². The van der Waals surface area contributed by atoms with Crippen LogP contribution in [0.15, 0.2) is 59.5 Å². The molecule has 0 spiro atoms. The van der Waals surface area contributed by atoms with E-state index in [1.807, 2.05) is 41.1 Å². The fourth-order valence-electron chi connectivity index (χ4n) is 3.08. The standard InChI is InChI=1S/C20H19N3O4S/c1-20(10-11-23(20)18(24)13-15-6-3-2-4-7-15)19(25)22-28(26,27)17-9-5-8-16(12-17)14-21/h2-9,12H,10-11,13H2,1H3,(H,22,25). The molecular formula is C20H19N3O4S. The highest BCUT2D eigenvalue weighted by Crippen LogP contribution is 2.31. The van der Waals surface area contributed by atoms with Crippen molar-refractivity contribution in [1.82, 2.24) is 9.62 Å². The quantitative estimate of drug-likeness (QED) is 0.825. The third-order valence-electron chi connectivity index (χ3n) is 4.91. The molecule has 144 valence electrons. The van der Waals surface area contributed by atoms with Gasteiger partial charge in [0.1, 0.15) is 5.54 Å². The number of hydrogen-bond acceptors (Lipinski definition) is 5. The van der Waals surface area contributed by atoms with E-state index in [2.05, 4.69) is 0 Å². The van der Waals surface area contributed by atoms with Crippen molar-refractivity contribution in [1.29, 1.82) is 5.26 Å². The van der Waals surface area contributed by atoms with Gasteiger partial charge in [0.05, 0.1) is 22.9 Å². The number of nitrogens with zero attached hydrogens (tertiary/aromatic N) is 2. The SMILES string of the molecule is CC1(C(=O)NS(=O)(=O)c2cccc(C#N)c2)CCN1C(=O)Cc1ccccc1. The van der Waals surface area contributed by atoms with Crippen LogP contribution >= 0.6 is 0 Å². The number of carbonyl (C=O) groups excluding carboxylic acids is 2. The van der Waals surface area contributed by atoms with Crippen molar-refractivity contribution in [3.8, 4) is 6.07 Å². The van der Waals surface area contributed by atoms with Gasteiger partial charge in [0.2, 0.25) is 5.91 Å². The summed E-state index contributed by atoms with van der Waals surface area (Å²) in [5.41, 5.74) is -0.237. The minimum Gasteiger partial charge on any atom is -0.328 e. The molecule has 1 saturated heterocycles. The zero-order chi connectivity index (χ0) is 20.4. The monoisotopic (exact) mass is 397 g/mol. The van der Waals surface area contributed by atoms with Crippen LogP contribution in [0.5, 0.6) is 0 Å². The zero-order valence-corrected chi connectivity index (χ0v) is 16.1. The summed E-state index contributed by atoms with van der Waals surface area (Å²) < 4.78 is 27.1. The average molecular weight is 397 g/mol. The maximum absolute atomic E-state index is 12.7. The lowest BCUT2D eigenvalue weighted by Gasteiger charge is -2.49. The number of likely N-dealkylation sites (tertiary alicyclic amines) is 1. The lowest BCUT2D eigenvalue weighted by atomic mass is 9.85. The predicted molar refractivity (Wildman–Crippen MR) is 101 cm³/mol. The summed E-state index contributed by atoms with van der Waals surface area (Å²) in [5.74, 6) is -0.999. The molecule has 1 atom stereocenters. The first kappa shape index (κ1) is 19.6. The molecule has 1 aliphatic rings. The normalized spacial score (nSPS) is 18.6. The highest BCUT2D eigenvalue weighted by Gasteiger charge is 2.50. The second kappa shape index (κ2) is 7.44. The van der Waals surface area contributed by atoms with Crippen molar-refractivity contribution in [2.24, 2.45) is 0 Å². The molecule has 8 heteroatoms. The van der Waals surface area contributed by atoms with Crippen molar-refractivity contribution in [2.75, 3.05) is 6.54 Å². The third kappa shape index (κ3) is 3.75. The summed E-state index contributed by atoms with van der Waals surface area (Å²) in [6.45, 7) is 1.94. The van der Waals surface area contributed by atoms with Gasteiger partial charge in [-0.3, -0.25) is 9.59 Å².